The summed E-state index contributed by atoms with van der Waals surface area (Å²) in [6, 6.07) is 0. The Bertz CT molecular complexity index is 187. The van der Waals surface area contributed by atoms with Crippen LogP contribution in [0.3, 0.4) is 0 Å². The average Bonchev–Trinajstić information content (AvgIpc) is 2.30. The molecule has 0 bridgehead atoms. The minimum absolute atomic E-state index is 0.0570. The first-order valence-electron chi connectivity index (χ1n) is 5.38. The topological polar surface area (TPSA) is 20.3 Å². The van der Waals surface area contributed by atoms with Gasteiger partial charge < -0.3 is 4.90 Å². The number of hydrogen-bond acceptors (Lipinski definition) is 1. The third-order valence-electron chi connectivity index (χ3n) is 3.17. The third-order valence-corrected chi connectivity index (χ3v) is 3.17. The SMILES string of the molecule is CCC(C)(C)N1CCCCCC1=O. The lowest BCUT2D eigenvalue weighted by molar-refractivity contribution is -0.136. The second kappa shape index (κ2) is 4.12. The van der Waals surface area contributed by atoms with E-state index in [1.165, 1.54) is 12.8 Å². The van der Waals surface area contributed by atoms with Crippen molar-refractivity contribution in [2.75, 3.05) is 6.54 Å². The maximum Gasteiger partial charge on any atom is 0.223 e. The molecular formula is C11H21NO. The van der Waals surface area contributed by atoms with Crippen LogP contribution < -0.4 is 0 Å². The van der Waals surface area contributed by atoms with E-state index in [0.717, 1.165) is 25.8 Å². The number of rotatable bonds is 2. The first-order valence-corrected chi connectivity index (χ1v) is 5.38. The van der Waals surface area contributed by atoms with Gasteiger partial charge in [-0.15, -0.1) is 0 Å². The molecule has 1 aliphatic heterocycles. The minimum atomic E-state index is 0.0570. The molecule has 1 amide bonds. The highest BCUT2D eigenvalue weighted by Gasteiger charge is 2.29. The lowest BCUT2D eigenvalue weighted by Crippen LogP contribution is -2.47. The van der Waals surface area contributed by atoms with Crippen molar-refractivity contribution in [1.82, 2.24) is 4.90 Å². The van der Waals surface area contributed by atoms with E-state index in [1.807, 2.05) is 0 Å². The lowest BCUT2D eigenvalue weighted by atomic mass is 9.99. The highest BCUT2D eigenvalue weighted by Crippen LogP contribution is 2.23. The van der Waals surface area contributed by atoms with E-state index in [2.05, 4.69) is 25.7 Å². The van der Waals surface area contributed by atoms with Crippen molar-refractivity contribution in [2.45, 2.75) is 58.4 Å². The van der Waals surface area contributed by atoms with Crippen molar-refractivity contribution < 1.29 is 4.79 Å². The molecule has 1 rings (SSSR count). The van der Waals surface area contributed by atoms with Crippen molar-refractivity contribution in [3.8, 4) is 0 Å². The molecule has 13 heavy (non-hydrogen) atoms. The Morgan fingerprint density at radius 1 is 1.31 bits per heavy atom. The van der Waals surface area contributed by atoms with E-state index in [1.54, 1.807) is 0 Å². The highest BCUT2D eigenvalue weighted by molar-refractivity contribution is 5.77. The largest absolute Gasteiger partial charge is 0.338 e. The Kier molecular flexibility index (Phi) is 3.34. The summed E-state index contributed by atoms with van der Waals surface area (Å²) in [4.78, 5) is 13.8. The van der Waals surface area contributed by atoms with E-state index >= 15 is 0 Å². The molecule has 76 valence electrons. The summed E-state index contributed by atoms with van der Waals surface area (Å²) in [5.74, 6) is 0.351. The zero-order valence-electron chi connectivity index (χ0n) is 9.10. The fourth-order valence-corrected chi connectivity index (χ4v) is 1.81. The number of hydrogen-bond donors (Lipinski definition) is 0. The maximum atomic E-state index is 11.7. The molecule has 0 aromatic carbocycles. The quantitative estimate of drug-likeness (QED) is 0.644. The first-order chi connectivity index (χ1) is 6.08. The van der Waals surface area contributed by atoms with Gasteiger partial charge in [0, 0.05) is 18.5 Å². The molecule has 0 aromatic heterocycles. The van der Waals surface area contributed by atoms with E-state index in [0.29, 0.717) is 5.91 Å². The first kappa shape index (κ1) is 10.6. The van der Waals surface area contributed by atoms with Crippen molar-refractivity contribution in [3.05, 3.63) is 0 Å². The molecule has 0 spiro atoms. The van der Waals surface area contributed by atoms with Gasteiger partial charge in [0.15, 0.2) is 0 Å². The summed E-state index contributed by atoms with van der Waals surface area (Å²) < 4.78 is 0. The predicted octanol–water partition coefficient (Wildman–Crippen LogP) is 2.58. The Labute approximate surface area is 81.3 Å². The predicted molar refractivity (Wildman–Crippen MR) is 54.6 cm³/mol. The van der Waals surface area contributed by atoms with Gasteiger partial charge in [0.1, 0.15) is 0 Å². The van der Waals surface area contributed by atoms with Crippen LogP contribution in [0, 0.1) is 0 Å². The molecule has 0 radical (unpaired) electrons. The van der Waals surface area contributed by atoms with Gasteiger partial charge in [-0.1, -0.05) is 13.3 Å². The number of likely N-dealkylation sites (tertiary alicyclic amines) is 1. The van der Waals surface area contributed by atoms with Crippen molar-refractivity contribution in [2.24, 2.45) is 0 Å². The van der Waals surface area contributed by atoms with Crippen LogP contribution >= 0.6 is 0 Å². The smallest absolute Gasteiger partial charge is 0.223 e. The summed E-state index contributed by atoms with van der Waals surface area (Å²) in [6.07, 6.45) is 5.26. The van der Waals surface area contributed by atoms with Crippen molar-refractivity contribution >= 4 is 5.91 Å². The molecule has 2 nitrogen and oxygen atoms in total. The zero-order valence-corrected chi connectivity index (χ0v) is 9.10. The fraction of sp³-hybridized carbons (Fsp3) is 0.909. The van der Waals surface area contributed by atoms with Gasteiger partial charge in [-0.2, -0.15) is 0 Å². The maximum absolute atomic E-state index is 11.7. The molecule has 2 heteroatoms. The van der Waals surface area contributed by atoms with Crippen LogP contribution in [0.5, 0.6) is 0 Å². The molecule has 0 N–H and O–H groups in total. The van der Waals surface area contributed by atoms with E-state index in [9.17, 15) is 4.79 Å². The Balaban J connectivity index is 2.69. The zero-order chi connectivity index (χ0) is 9.90. The van der Waals surface area contributed by atoms with Crippen LogP contribution in [0.4, 0.5) is 0 Å². The Hall–Kier alpha value is -0.530. The normalized spacial score (nSPS) is 20.2. The standard InChI is InChI=1S/C11H21NO/c1-4-11(2,3)12-9-7-5-6-8-10(12)13/h4-9H2,1-3H3. The summed E-state index contributed by atoms with van der Waals surface area (Å²) in [5.41, 5.74) is 0.0570. The second-order valence-corrected chi connectivity index (χ2v) is 4.52. The van der Waals surface area contributed by atoms with Gasteiger partial charge in [0.05, 0.1) is 0 Å². The van der Waals surface area contributed by atoms with Gasteiger partial charge in [-0.3, -0.25) is 4.79 Å². The summed E-state index contributed by atoms with van der Waals surface area (Å²) >= 11 is 0. The molecule has 0 aromatic rings. The van der Waals surface area contributed by atoms with Crippen LogP contribution in [0.15, 0.2) is 0 Å². The summed E-state index contributed by atoms with van der Waals surface area (Å²) in [6.45, 7) is 7.43. The molecule has 1 fully saturated rings. The molecule has 0 saturated carbocycles. The molecule has 0 aliphatic carbocycles. The summed E-state index contributed by atoms with van der Waals surface area (Å²) in [7, 11) is 0. The van der Waals surface area contributed by atoms with Crippen LogP contribution in [0.2, 0.25) is 0 Å². The van der Waals surface area contributed by atoms with Crippen LogP contribution in [-0.2, 0) is 4.79 Å². The van der Waals surface area contributed by atoms with Crippen LogP contribution in [0.25, 0.3) is 0 Å². The number of carbonyl (C=O) groups excluding carboxylic acids is 1. The Morgan fingerprint density at radius 2 is 2.00 bits per heavy atom. The molecule has 1 saturated heterocycles. The van der Waals surface area contributed by atoms with Crippen molar-refractivity contribution in [1.29, 1.82) is 0 Å². The van der Waals surface area contributed by atoms with E-state index in [-0.39, 0.29) is 5.54 Å². The average molecular weight is 183 g/mol. The van der Waals surface area contributed by atoms with Crippen LogP contribution in [-0.4, -0.2) is 22.9 Å². The molecular weight excluding hydrogens is 162 g/mol. The Morgan fingerprint density at radius 3 is 2.62 bits per heavy atom. The van der Waals surface area contributed by atoms with Gasteiger partial charge in [0.2, 0.25) is 5.91 Å². The van der Waals surface area contributed by atoms with E-state index in [4.69, 9.17) is 0 Å². The summed E-state index contributed by atoms with van der Waals surface area (Å²) in [5, 5.41) is 0. The minimum Gasteiger partial charge on any atom is -0.338 e. The van der Waals surface area contributed by atoms with Crippen molar-refractivity contribution in [3.63, 3.8) is 0 Å². The number of amides is 1. The van der Waals surface area contributed by atoms with Gasteiger partial charge in [0.25, 0.3) is 0 Å². The number of nitrogens with zero attached hydrogens (tertiary/aromatic N) is 1. The fourth-order valence-electron chi connectivity index (χ4n) is 1.81. The molecule has 0 atom stereocenters. The monoisotopic (exact) mass is 183 g/mol. The lowest BCUT2D eigenvalue weighted by Gasteiger charge is -2.37. The molecule has 1 aliphatic rings. The molecule has 0 unspecified atom stereocenters. The highest BCUT2D eigenvalue weighted by atomic mass is 16.2. The van der Waals surface area contributed by atoms with Gasteiger partial charge in [-0.05, 0) is 33.1 Å². The van der Waals surface area contributed by atoms with Gasteiger partial charge >= 0.3 is 0 Å². The third kappa shape index (κ3) is 2.45. The molecule has 1 heterocycles. The van der Waals surface area contributed by atoms with E-state index < -0.39 is 0 Å². The van der Waals surface area contributed by atoms with Gasteiger partial charge in [-0.25, -0.2) is 0 Å². The van der Waals surface area contributed by atoms with Crippen LogP contribution in [0.1, 0.15) is 52.9 Å². The second-order valence-electron chi connectivity index (χ2n) is 4.52. The number of carbonyl (C=O) groups is 1.